The van der Waals surface area contributed by atoms with Crippen LogP contribution >= 0.6 is 0 Å². The number of benzene rings is 1. The van der Waals surface area contributed by atoms with Gasteiger partial charge in [-0.3, -0.25) is 4.79 Å². The van der Waals surface area contributed by atoms with E-state index in [-0.39, 0.29) is 11.3 Å². The number of hydrogen-bond acceptors (Lipinski definition) is 5. The fourth-order valence-electron chi connectivity index (χ4n) is 8.00. The van der Waals surface area contributed by atoms with Crippen LogP contribution in [0.2, 0.25) is 0 Å². The minimum Gasteiger partial charge on any atom is -0.481 e. The zero-order valence-corrected chi connectivity index (χ0v) is 22.1. The van der Waals surface area contributed by atoms with Crippen molar-refractivity contribution < 1.29 is 14.6 Å². The largest absolute Gasteiger partial charge is 0.481 e. The summed E-state index contributed by atoms with van der Waals surface area (Å²) in [5.74, 6) is 1.82. The average molecular weight is 504 g/mol. The van der Waals surface area contributed by atoms with Gasteiger partial charge in [-0.25, -0.2) is 4.98 Å². The number of likely N-dealkylation sites (tertiary alicyclic amines) is 1. The Hall–Kier alpha value is -2.44. The molecule has 1 aromatic heterocycles. The smallest absolute Gasteiger partial charge is 0.228 e. The van der Waals surface area contributed by atoms with E-state index in [0.717, 1.165) is 37.9 Å². The number of nitrogens with zero attached hydrogens (tertiary/aromatic N) is 2. The lowest BCUT2D eigenvalue weighted by Gasteiger charge is -2.48. The van der Waals surface area contributed by atoms with Crippen molar-refractivity contribution in [2.24, 2.45) is 11.8 Å². The summed E-state index contributed by atoms with van der Waals surface area (Å²) in [5.41, 5.74) is 2.82. The minimum atomic E-state index is -0.608. The van der Waals surface area contributed by atoms with Gasteiger partial charge >= 0.3 is 0 Å². The number of carbonyl (C=O) groups is 1. The first-order chi connectivity index (χ1) is 18.1. The third-order valence-electron chi connectivity index (χ3n) is 9.97. The molecule has 1 spiro atoms. The van der Waals surface area contributed by atoms with E-state index in [0.29, 0.717) is 48.3 Å². The standard InChI is InChI=1S/C31H41N3O3/c1-37-28-13-12-24-29(33-28)27(35)14-16-31(24)20-32-19-25(31)30(36)34-17-15-23(21-8-4-2-5-9-21)18-26(34)22-10-6-3-7-11-22/h2,4-5,8-9,12-13,22-23,25-27,32,35H,3,6-7,10-11,14-20H2,1H3/t23-,25?,26+,27?,31+/m1/s1. The third kappa shape index (κ3) is 4.46. The van der Waals surface area contributed by atoms with Crippen LogP contribution in [0.5, 0.6) is 5.88 Å². The lowest BCUT2D eigenvalue weighted by Crippen LogP contribution is -2.55. The lowest BCUT2D eigenvalue weighted by atomic mass is 9.64. The second-order valence-electron chi connectivity index (χ2n) is 11.8. The van der Waals surface area contributed by atoms with Crippen molar-refractivity contribution in [3.05, 3.63) is 59.3 Å². The topological polar surface area (TPSA) is 74.7 Å². The number of aromatic nitrogens is 1. The Morgan fingerprint density at radius 1 is 1.08 bits per heavy atom. The summed E-state index contributed by atoms with van der Waals surface area (Å²) in [4.78, 5) is 21.5. The summed E-state index contributed by atoms with van der Waals surface area (Å²) in [5, 5.41) is 14.4. The molecule has 0 bridgehead atoms. The number of ether oxygens (including phenoxy) is 1. The van der Waals surface area contributed by atoms with Gasteiger partial charge in [0.15, 0.2) is 0 Å². The van der Waals surface area contributed by atoms with Crippen molar-refractivity contribution >= 4 is 5.91 Å². The molecule has 2 unspecified atom stereocenters. The van der Waals surface area contributed by atoms with Crippen LogP contribution in [-0.4, -0.2) is 53.7 Å². The van der Waals surface area contributed by atoms with Crippen LogP contribution in [0.3, 0.4) is 0 Å². The van der Waals surface area contributed by atoms with Crippen molar-refractivity contribution in [1.29, 1.82) is 0 Å². The SMILES string of the molecule is COc1ccc2c(n1)C(O)CC[C@]21CNCC1C(=O)N1CC[C@@H](c2ccccc2)C[C@H]1C1CCCCC1. The maximum absolute atomic E-state index is 14.6. The fraction of sp³-hybridized carbons (Fsp3) is 0.613. The molecule has 6 rings (SSSR count). The molecule has 1 saturated carbocycles. The predicted molar refractivity (Wildman–Crippen MR) is 144 cm³/mol. The molecule has 4 aliphatic rings. The zero-order chi connectivity index (χ0) is 25.4. The van der Waals surface area contributed by atoms with Crippen LogP contribution in [0.15, 0.2) is 42.5 Å². The third-order valence-corrected chi connectivity index (χ3v) is 9.97. The first kappa shape index (κ1) is 24.9. The molecule has 1 aromatic carbocycles. The Morgan fingerprint density at radius 3 is 2.68 bits per heavy atom. The van der Waals surface area contributed by atoms with Crippen LogP contribution in [0, 0.1) is 11.8 Å². The molecule has 2 aromatic rings. The molecule has 2 saturated heterocycles. The quantitative estimate of drug-likeness (QED) is 0.631. The lowest BCUT2D eigenvalue weighted by molar-refractivity contribution is -0.143. The normalized spacial score (nSPS) is 32.3. The molecule has 3 heterocycles. The average Bonchev–Trinajstić information content (AvgIpc) is 3.39. The van der Waals surface area contributed by atoms with Crippen molar-refractivity contribution in [3.63, 3.8) is 0 Å². The number of hydrogen-bond donors (Lipinski definition) is 2. The minimum absolute atomic E-state index is 0.131. The van der Waals surface area contributed by atoms with Crippen LogP contribution in [-0.2, 0) is 10.2 Å². The number of pyridine rings is 1. The van der Waals surface area contributed by atoms with E-state index < -0.39 is 6.10 Å². The van der Waals surface area contributed by atoms with Gasteiger partial charge in [0.1, 0.15) is 0 Å². The van der Waals surface area contributed by atoms with Gasteiger partial charge < -0.3 is 20.1 Å². The summed E-state index contributed by atoms with van der Waals surface area (Å²) in [7, 11) is 1.60. The molecule has 6 nitrogen and oxygen atoms in total. The van der Waals surface area contributed by atoms with Crippen LogP contribution in [0.4, 0.5) is 0 Å². The van der Waals surface area contributed by atoms with Gasteiger partial charge in [-0.1, -0.05) is 55.7 Å². The molecular weight excluding hydrogens is 462 g/mol. The molecule has 1 amide bonds. The number of aliphatic hydroxyl groups excluding tert-OH is 1. The van der Waals surface area contributed by atoms with E-state index >= 15 is 0 Å². The second-order valence-corrected chi connectivity index (χ2v) is 11.8. The highest BCUT2D eigenvalue weighted by molar-refractivity contribution is 5.82. The summed E-state index contributed by atoms with van der Waals surface area (Å²) in [6.45, 7) is 2.28. The summed E-state index contributed by atoms with van der Waals surface area (Å²) in [6, 6.07) is 15.2. The van der Waals surface area contributed by atoms with E-state index in [1.807, 2.05) is 6.07 Å². The zero-order valence-electron chi connectivity index (χ0n) is 22.1. The van der Waals surface area contributed by atoms with Gasteiger partial charge in [0, 0.05) is 37.2 Å². The molecule has 2 aliphatic heterocycles. The Morgan fingerprint density at radius 2 is 1.89 bits per heavy atom. The van der Waals surface area contributed by atoms with Gasteiger partial charge in [0.05, 0.1) is 24.8 Å². The van der Waals surface area contributed by atoms with Gasteiger partial charge in [0.2, 0.25) is 11.8 Å². The number of rotatable bonds is 4. The van der Waals surface area contributed by atoms with E-state index in [1.54, 1.807) is 7.11 Å². The molecule has 3 fully saturated rings. The number of aliphatic hydroxyl groups is 1. The number of methoxy groups -OCH3 is 1. The van der Waals surface area contributed by atoms with Gasteiger partial charge in [-0.2, -0.15) is 0 Å². The van der Waals surface area contributed by atoms with Crippen LogP contribution in [0.25, 0.3) is 0 Å². The maximum Gasteiger partial charge on any atom is 0.228 e. The van der Waals surface area contributed by atoms with Crippen molar-refractivity contribution in [2.75, 3.05) is 26.7 Å². The fourth-order valence-corrected chi connectivity index (χ4v) is 8.00. The van der Waals surface area contributed by atoms with Crippen LogP contribution in [0.1, 0.15) is 86.6 Å². The van der Waals surface area contributed by atoms with Crippen LogP contribution < -0.4 is 10.1 Å². The molecule has 0 radical (unpaired) electrons. The number of amides is 1. The van der Waals surface area contributed by atoms with E-state index in [9.17, 15) is 9.90 Å². The molecule has 2 N–H and O–H groups in total. The van der Waals surface area contributed by atoms with Gasteiger partial charge in [-0.15, -0.1) is 0 Å². The number of nitrogens with one attached hydrogen (secondary N) is 1. The van der Waals surface area contributed by atoms with Gasteiger partial charge in [0.25, 0.3) is 0 Å². The first-order valence-electron chi connectivity index (χ1n) is 14.4. The molecular formula is C31H41N3O3. The van der Waals surface area contributed by atoms with E-state index in [1.165, 1.54) is 37.7 Å². The van der Waals surface area contributed by atoms with Crippen molar-refractivity contribution in [2.45, 2.75) is 81.3 Å². The molecule has 198 valence electrons. The highest BCUT2D eigenvalue weighted by Gasteiger charge is 2.54. The first-order valence-corrected chi connectivity index (χ1v) is 14.4. The second kappa shape index (κ2) is 10.4. The summed E-state index contributed by atoms with van der Waals surface area (Å²) < 4.78 is 5.36. The Balaban J connectivity index is 1.31. The molecule has 2 aliphatic carbocycles. The Kier molecular flexibility index (Phi) is 6.97. The number of fused-ring (bicyclic) bond motifs is 2. The maximum atomic E-state index is 14.6. The van der Waals surface area contributed by atoms with Crippen molar-refractivity contribution in [1.82, 2.24) is 15.2 Å². The predicted octanol–water partition coefficient (Wildman–Crippen LogP) is 4.73. The summed E-state index contributed by atoms with van der Waals surface area (Å²) >= 11 is 0. The Labute approximate surface area is 220 Å². The molecule has 37 heavy (non-hydrogen) atoms. The van der Waals surface area contributed by atoms with Gasteiger partial charge in [-0.05, 0) is 61.5 Å². The molecule has 5 atom stereocenters. The number of carbonyl (C=O) groups excluding carboxylic acids is 1. The Bertz CT molecular complexity index is 1100. The monoisotopic (exact) mass is 503 g/mol. The van der Waals surface area contributed by atoms with E-state index in [2.05, 4.69) is 51.6 Å². The highest BCUT2D eigenvalue weighted by atomic mass is 16.5. The summed E-state index contributed by atoms with van der Waals surface area (Å²) in [6.07, 6.45) is 9.29. The molecule has 6 heteroatoms. The highest BCUT2D eigenvalue weighted by Crippen LogP contribution is 2.49. The van der Waals surface area contributed by atoms with E-state index in [4.69, 9.17) is 4.74 Å². The van der Waals surface area contributed by atoms with Crippen molar-refractivity contribution in [3.8, 4) is 5.88 Å². The number of piperidine rings is 1.